The second-order valence-corrected chi connectivity index (χ2v) is 10.4. The summed E-state index contributed by atoms with van der Waals surface area (Å²) in [4.78, 5) is 12.7. The van der Waals surface area contributed by atoms with Gasteiger partial charge < -0.3 is 9.47 Å². The van der Waals surface area contributed by atoms with E-state index in [0.717, 1.165) is 24.8 Å². The largest absolute Gasteiger partial charge is 0.459 e. The Labute approximate surface area is 176 Å². The molecular weight excluding hydrogens is 392 g/mol. The highest BCUT2D eigenvalue weighted by Gasteiger charge is 2.36. The molecule has 0 amide bonds. The van der Waals surface area contributed by atoms with Crippen molar-refractivity contribution in [2.45, 2.75) is 77.2 Å². The minimum absolute atomic E-state index is 0.150. The molecule has 1 aromatic rings. The average Bonchev–Trinajstić information content (AvgIpc) is 2.60. The molecule has 0 heterocycles. The molecule has 0 saturated heterocycles. The number of esters is 1. The molecule has 0 N–H and O–H groups in total. The van der Waals surface area contributed by atoms with Crippen LogP contribution in [0.2, 0.25) is 0 Å². The van der Waals surface area contributed by atoms with Crippen LogP contribution in [0.25, 0.3) is 0 Å². The molecule has 166 valence electrons. The molecule has 1 aromatic carbocycles. The summed E-state index contributed by atoms with van der Waals surface area (Å²) < 4.78 is 40.2. The van der Waals surface area contributed by atoms with Gasteiger partial charge in [-0.3, -0.25) is 8.98 Å². The highest BCUT2D eigenvalue weighted by Crippen LogP contribution is 2.29. The first-order valence-corrected chi connectivity index (χ1v) is 11.5. The quantitative estimate of drug-likeness (QED) is 0.274. The van der Waals surface area contributed by atoms with Crippen LogP contribution >= 0.6 is 0 Å². The molecule has 0 fully saturated rings. The zero-order valence-corrected chi connectivity index (χ0v) is 19.4. The van der Waals surface area contributed by atoms with Gasteiger partial charge in [-0.25, -0.2) is 0 Å². The molecule has 0 bridgehead atoms. The zero-order valence-electron chi connectivity index (χ0n) is 18.6. The lowest BCUT2D eigenvalue weighted by Crippen LogP contribution is -2.38. The van der Waals surface area contributed by atoms with Crippen molar-refractivity contribution in [3.05, 3.63) is 29.8 Å². The molecule has 0 aliphatic carbocycles. The Balaban J connectivity index is 2.37. The summed E-state index contributed by atoms with van der Waals surface area (Å²) >= 11 is 0. The summed E-state index contributed by atoms with van der Waals surface area (Å²) in [5, 5.41) is 0. The molecule has 0 radical (unpaired) electrons. The van der Waals surface area contributed by atoms with E-state index >= 15 is 0 Å². The van der Waals surface area contributed by atoms with Gasteiger partial charge in [0, 0.05) is 7.11 Å². The van der Waals surface area contributed by atoms with E-state index < -0.39 is 21.1 Å². The number of carbonyl (C=O) groups is 1. The summed E-state index contributed by atoms with van der Waals surface area (Å²) in [5.41, 5.74) is -0.226. The molecule has 7 heteroatoms. The van der Waals surface area contributed by atoms with Gasteiger partial charge in [0.05, 0.1) is 23.5 Å². The monoisotopic (exact) mass is 428 g/mol. The fraction of sp³-hybridized carbons (Fsp3) is 0.682. The second-order valence-electron chi connectivity index (χ2n) is 8.75. The van der Waals surface area contributed by atoms with E-state index in [4.69, 9.17) is 13.7 Å². The number of benzene rings is 1. The Hall–Kier alpha value is -1.44. The van der Waals surface area contributed by atoms with Gasteiger partial charge in [-0.05, 0) is 59.6 Å². The van der Waals surface area contributed by atoms with Crippen molar-refractivity contribution in [1.82, 2.24) is 0 Å². The number of rotatable bonds is 12. The van der Waals surface area contributed by atoms with E-state index in [1.165, 1.54) is 0 Å². The topological polar surface area (TPSA) is 78.9 Å². The number of aryl methyl sites for hydroxylation is 1. The van der Waals surface area contributed by atoms with Crippen molar-refractivity contribution < 1.29 is 26.9 Å². The van der Waals surface area contributed by atoms with Gasteiger partial charge in [0.25, 0.3) is 10.1 Å². The van der Waals surface area contributed by atoms with Gasteiger partial charge in [-0.2, -0.15) is 8.42 Å². The summed E-state index contributed by atoms with van der Waals surface area (Å²) in [6.07, 6.45) is 3.80. The van der Waals surface area contributed by atoms with E-state index in [1.807, 2.05) is 34.6 Å². The Morgan fingerprint density at radius 2 is 1.55 bits per heavy atom. The Morgan fingerprint density at radius 1 is 0.966 bits per heavy atom. The lowest BCUT2D eigenvalue weighted by molar-refractivity contribution is -0.170. The predicted octanol–water partition coefficient (Wildman–Crippen LogP) is 4.65. The highest BCUT2D eigenvalue weighted by atomic mass is 32.2. The fourth-order valence-electron chi connectivity index (χ4n) is 2.87. The maximum atomic E-state index is 12.5. The van der Waals surface area contributed by atoms with Gasteiger partial charge in [-0.15, -0.1) is 0 Å². The van der Waals surface area contributed by atoms with Crippen molar-refractivity contribution in [2.24, 2.45) is 5.41 Å². The molecule has 0 aliphatic rings. The van der Waals surface area contributed by atoms with Crippen molar-refractivity contribution >= 4 is 16.1 Å². The molecule has 0 aromatic heterocycles. The summed E-state index contributed by atoms with van der Waals surface area (Å²) in [6.45, 7) is 9.77. The zero-order chi connectivity index (χ0) is 22.1. The second kappa shape index (κ2) is 11.1. The Bertz CT molecular complexity index is 734. The van der Waals surface area contributed by atoms with E-state index in [9.17, 15) is 13.2 Å². The lowest BCUT2D eigenvalue weighted by Gasteiger charge is -2.31. The third-order valence-electron chi connectivity index (χ3n) is 4.53. The number of unbranched alkanes of at least 4 members (excludes halogenated alkanes) is 3. The summed E-state index contributed by atoms with van der Waals surface area (Å²) in [7, 11) is -2.13. The first kappa shape index (κ1) is 25.6. The molecule has 0 saturated carbocycles. The minimum Gasteiger partial charge on any atom is -0.459 e. The van der Waals surface area contributed by atoms with Crippen LogP contribution in [-0.2, 0) is 28.6 Å². The molecule has 0 aliphatic heterocycles. The Morgan fingerprint density at radius 3 is 2.10 bits per heavy atom. The number of hydrogen-bond acceptors (Lipinski definition) is 6. The van der Waals surface area contributed by atoms with Crippen LogP contribution in [0.15, 0.2) is 29.2 Å². The SMILES string of the molecule is COCC(C)(CCCCCCOS(=O)(=O)c1ccc(C)cc1)C(=O)OC(C)(C)C. The summed E-state index contributed by atoms with van der Waals surface area (Å²) in [5.74, 6) is -0.251. The average molecular weight is 429 g/mol. The molecule has 1 atom stereocenters. The van der Waals surface area contributed by atoms with Crippen molar-refractivity contribution in [2.75, 3.05) is 20.3 Å². The first-order valence-electron chi connectivity index (χ1n) is 10.1. The normalized spacial score (nSPS) is 14.4. The van der Waals surface area contributed by atoms with E-state index in [-0.39, 0.29) is 17.5 Å². The van der Waals surface area contributed by atoms with Crippen LogP contribution < -0.4 is 0 Å². The Kier molecular flexibility index (Phi) is 9.79. The molecule has 29 heavy (non-hydrogen) atoms. The van der Waals surface area contributed by atoms with Crippen LogP contribution in [0.5, 0.6) is 0 Å². The van der Waals surface area contributed by atoms with Gasteiger partial charge >= 0.3 is 5.97 Å². The van der Waals surface area contributed by atoms with Crippen molar-refractivity contribution in [3.63, 3.8) is 0 Å². The minimum atomic E-state index is -3.71. The van der Waals surface area contributed by atoms with E-state index in [2.05, 4.69) is 0 Å². The predicted molar refractivity (Wildman–Crippen MR) is 113 cm³/mol. The number of methoxy groups -OCH3 is 1. The van der Waals surface area contributed by atoms with Gasteiger partial charge in [0.1, 0.15) is 5.60 Å². The third kappa shape index (κ3) is 9.28. The van der Waals surface area contributed by atoms with Crippen LogP contribution in [0.1, 0.15) is 65.4 Å². The molecular formula is C22H36O6S. The fourth-order valence-corrected chi connectivity index (χ4v) is 3.81. The number of ether oxygens (including phenoxy) is 2. The van der Waals surface area contributed by atoms with Crippen molar-refractivity contribution in [1.29, 1.82) is 0 Å². The van der Waals surface area contributed by atoms with Crippen LogP contribution in [0, 0.1) is 12.3 Å². The summed E-state index contributed by atoms with van der Waals surface area (Å²) in [6, 6.07) is 6.60. The smallest absolute Gasteiger partial charge is 0.314 e. The van der Waals surface area contributed by atoms with Gasteiger partial charge in [0.2, 0.25) is 0 Å². The van der Waals surface area contributed by atoms with Crippen LogP contribution in [0.4, 0.5) is 0 Å². The van der Waals surface area contributed by atoms with Crippen LogP contribution in [-0.4, -0.2) is 40.3 Å². The maximum Gasteiger partial charge on any atom is 0.314 e. The van der Waals surface area contributed by atoms with Crippen LogP contribution in [0.3, 0.4) is 0 Å². The van der Waals surface area contributed by atoms with Gasteiger partial charge in [0.15, 0.2) is 0 Å². The molecule has 1 rings (SSSR count). The van der Waals surface area contributed by atoms with E-state index in [1.54, 1.807) is 31.4 Å². The first-order chi connectivity index (χ1) is 13.4. The standard InChI is InChI=1S/C22H36O6S/c1-18-11-13-19(14-12-18)29(24,25)27-16-10-8-7-9-15-22(5,17-26-6)20(23)28-21(2,3)4/h11-14H,7-10,15-17H2,1-6H3. The number of hydrogen-bond donors (Lipinski definition) is 0. The van der Waals surface area contributed by atoms with Gasteiger partial charge in [-0.1, -0.05) is 37.0 Å². The van der Waals surface area contributed by atoms with E-state index in [0.29, 0.717) is 19.4 Å². The van der Waals surface area contributed by atoms with Crippen molar-refractivity contribution in [3.8, 4) is 0 Å². The molecule has 0 spiro atoms. The maximum absolute atomic E-state index is 12.5. The lowest BCUT2D eigenvalue weighted by atomic mass is 9.85. The third-order valence-corrected chi connectivity index (χ3v) is 5.85. The highest BCUT2D eigenvalue weighted by molar-refractivity contribution is 7.86. The molecule has 1 unspecified atom stereocenters. The number of carbonyl (C=O) groups excluding carboxylic acids is 1. The molecule has 6 nitrogen and oxygen atoms in total.